The lowest BCUT2D eigenvalue weighted by molar-refractivity contribution is -0.132. The first kappa shape index (κ1) is 19.6. The van der Waals surface area contributed by atoms with Crippen LogP contribution in [-0.2, 0) is 9.59 Å². The number of ether oxygens (including phenoxy) is 2. The van der Waals surface area contributed by atoms with E-state index in [1.807, 2.05) is 0 Å². The minimum atomic E-state index is -0.878. The van der Waals surface area contributed by atoms with Gasteiger partial charge in [-0.05, 0) is 23.8 Å². The van der Waals surface area contributed by atoms with Crippen LogP contribution in [0.3, 0.4) is 0 Å². The molecule has 3 aromatic rings. The van der Waals surface area contributed by atoms with Gasteiger partial charge in [0.05, 0.1) is 31.4 Å². The van der Waals surface area contributed by atoms with Crippen molar-refractivity contribution in [2.45, 2.75) is 6.04 Å². The van der Waals surface area contributed by atoms with Crippen molar-refractivity contribution in [2.24, 2.45) is 0 Å². The first-order valence-electron chi connectivity index (χ1n) is 8.89. The van der Waals surface area contributed by atoms with E-state index in [4.69, 9.17) is 9.47 Å². The lowest BCUT2D eigenvalue weighted by Gasteiger charge is -2.22. The molecule has 0 spiro atoms. The van der Waals surface area contributed by atoms with Gasteiger partial charge in [-0.3, -0.25) is 19.5 Å². The van der Waals surface area contributed by atoms with Crippen LogP contribution in [0.2, 0.25) is 0 Å². The SMILES string of the molecule is COc1ccc(/C(O)=C2\C(=O)C(=O)N(c3nccs3)C2c2cccnc2)c(OC)c1. The van der Waals surface area contributed by atoms with E-state index in [1.165, 1.54) is 30.5 Å². The summed E-state index contributed by atoms with van der Waals surface area (Å²) in [7, 11) is 2.95. The number of thiazole rings is 1. The summed E-state index contributed by atoms with van der Waals surface area (Å²) in [6.07, 6.45) is 4.69. The van der Waals surface area contributed by atoms with E-state index in [0.29, 0.717) is 22.2 Å². The molecule has 0 radical (unpaired) electrons. The maximum Gasteiger partial charge on any atom is 0.301 e. The van der Waals surface area contributed by atoms with Gasteiger partial charge in [-0.1, -0.05) is 6.07 Å². The second-order valence-corrected chi connectivity index (χ2v) is 7.21. The van der Waals surface area contributed by atoms with Crippen molar-refractivity contribution in [1.29, 1.82) is 0 Å². The summed E-state index contributed by atoms with van der Waals surface area (Å²) in [4.78, 5) is 35.5. The summed E-state index contributed by atoms with van der Waals surface area (Å²) >= 11 is 1.22. The predicted octanol–water partition coefficient (Wildman–Crippen LogP) is 3.18. The molecule has 1 aromatic carbocycles. The van der Waals surface area contributed by atoms with Gasteiger partial charge in [0.25, 0.3) is 5.78 Å². The first-order valence-corrected chi connectivity index (χ1v) is 9.77. The van der Waals surface area contributed by atoms with Gasteiger partial charge < -0.3 is 14.6 Å². The van der Waals surface area contributed by atoms with E-state index in [0.717, 1.165) is 0 Å². The van der Waals surface area contributed by atoms with Crippen molar-refractivity contribution in [3.05, 3.63) is 71.0 Å². The molecule has 1 amide bonds. The maximum absolute atomic E-state index is 13.0. The van der Waals surface area contributed by atoms with Crippen molar-refractivity contribution in [3.8, 4) is 11.5 Å². The lowest BCUT2D eigenvalue weighted by Crippen LogP contribution is -2.29. The topological polar surface area (TPSA) is 102 Å². The third kappa shape index (κ3) is 3.18. The Labute approximate surface area is 176 Å². The standard InChI is InChI=1S/C21H17N3O5S/c1-28-13-5-6-14(15(10-13)29-2)18(25)16-17(12-4-3-7-22-11-12)24(20(27)19(16)26)21-23-8-9-30-21/h3-11,17,25H,1-2H3/b18-16+. The van der Waals surface area contributed by atoms with Crippen molar-refractivity contribution >= 4 is 33.9 Å². The van der Waals surface area contributed by atoms with Gasteiger partial charge in [0.15, 0.2) is 5.13 Å². The number of aliphatic hydroxyl groups excluding tert-OH is 1. The molecule has 0 saturated carbocycles. The second-order valence-electron chi connectivity index (χ2n) is 6.34. The fourth-order valence-corrected chi connectivity index (χ4v) is 4.02. The van der Waals surface area contributed by atoms with Gasteiger partial charge in [0.2, 0.25) is 0 Å². The average Bonchev–Trinajstić information content (AvgIpc) is 3.40. The number of Topliss-reactive ketones (excluding diaryl/α,β-unsaturated/α-hetero) is 1. The minimum absolute atomic E-state index is 0.0633. The Morgan fingerprint density at radius 2 is 2.00 bits per heavy atom. The number of nitrogens with zero attached hydrogens (tertiary/aromatic N) is 3. The number of amides is 1. The third-order valence-corrected chi connectivity index (χ3v) is 5.50. The molecule has 8 nitrogen and oxygen atoms in total. The smallest absolute Gasteiger partial charge is 0.301 e. The molecule has 1 aliphatic rings. The highest BCUT2D eigenvalue weighted by Gasteiger charge is 2.48. The molecule has 4 rings (SSSR count). The van der Waals surface area contributed by atoms with Crippen molar-refractivity contribution in [2.75, 3.05) is 19.1 Å². The zero-order chi connectivity index (χ0) is 21.3. The van der Waals surface area contributed by atoms with E-state index < -0.39 is 17.7 Å². The largest absolute Gasteiger partial charge is 0.507 e. The fourth-order valence-electron chi connectivity index (χ4n) is 3.36. The molecule has 2 aromatic heterocycles. The zero-order valence-corrected chi connectivity index (χ0v) is 16.9. The lowest BCUT2D eigenvalue weighted by atomic mass is 9.96. The Morgan fingerprint density at radius 3 is 2.63 bits per heavy atom. The summed E-state index contributed by atoms with van der Waals surface area (Å²) in [5.41, 5.74) is 0.775. The van der Waals surface area contributed by atoms with Gasteiger partial charge >= 0.3 is 5.91 Å². The number of ketones is 1. The minimum Gasteiger partial charge on any atom is -0.507 e. The second kappa shape index (κ2) is 7.96. The number of rotatable bonds is 5. The van der Waals surface area contributed by atoms with E-state index >= 15 is 0 Å². The molecule has 1 N–H and O–H groups in total. The molecule has 1 fully saturated rings. The number of aliphatic hydroxyl groups is 1. The number of pyridine rings is 1. The summed E-state index contributed by atoms with van der Waals surface area (Å²) in [6.45, 7) is 0. The molecule has 9 heteroatoms. The zero-order valence-electron chi connectivity index (χ0n) is 16.1. The van der Waals surface area contributed by atoms with Crippen LogP contribution in [0.4, 0.5) is 5.13 Å². The fraction of sp³-hybridized carbons (Fsp3) is 0.143. The van der Waals surface area contributed by atoms with E-state index in [-0.39, 0.29) is 16.9 Å². The van der Waals surface area contributed by atoms with Gasteiger partial charge in [-0.25, -0.2) is 4.98 Å². The molecule has 0 bridgehead atoms. The molecule has 3 heterocycles. The number of carbonyl (C=O) groups excluding carboxylic acids is 2. The van der Waals surface area contributed by atoms with Crippen molar-refractivity contribution in [1.82, 2.24) is 9.97 Å². The number of carbonyl (C=O) groups is 2. The number of methoxy groups -OCH3 is 2. The molecule has 1 unspecified atom stereocenters. The first-order chi connectivity index (χ1) is 14.6. The molecule has 1 atom stereocenters. The van der Waals surface area contributed by atoms with Crippen LogP contribution in [0, 0.1) is 0 Å². The number of aromatic nitrogens is 2. The van der Waals surface area contributed by atoms with Gasteiger partial charge in [0, 0.05) is 30.0 Å². The van der Waals surface area contributed by atoms with Crippen LogP contribution >= 0.6 is 11.3 Å². The summed E-state index contributed by atoms with van der Waals surface area (Å²) < 4.78 is 10.6. The molecule has 1 saturated heterocycles. The molecule has 0 aliphatic carbocycles. The van der Waals surface area contributed by atoms with E-state index in [2.05, 4.69) is 9.97 Å². The van der Waals surface area contributed by atoms with E-state index in [1.54, 1.807) is 54.3 Å². The Bertz CT molecular complexity index is 1130. The van der Waals surface area contributed by atoms with E-state index in [9.17, 15) is 14.7 Å². The highest BCUT2D eigenvalue weighted by atomic mass is 32.1. The molecular formula is C21H17N3O5S. The Kier molecular flexibility index (Phi) is 5.20. The van der Waals surface area contributed by atoms with Gasteiger partial charge in [-0.2, -0.15) is 0 Å². The van der Waals surface area contributed by atoms with Crippen LogP contribution in [0.15, 0.2) is 59.9 Å². The van der Waals surface area contributed by atoms with Crippen molar-refractivity contribution in [3.63, 3.8) is 0 Å². The van der Waals surface area contributed by atoms with Crippen molar-refractivity contribution < 1.29 is 24.2 Å². The van der Waals surface area contributed by atoms with Crippen LogP contribution in [0.25, 0.3) is 5.76 Å². The Hall–Kier alpha value is -3.72. The number of benzene rings is 1. The summed E-state index contributed by atoms with van der Waals surface area (Å²) in [6, 6.07) is 7.35. The third-order valence-electron chi connectivity index (χ3n) is 4.73. The van der Waals surface area contributed by atoms with Crippen LogP contribution in [0.5, 0.6) is 11.5 Å². The molecule has 152 valence electrons. The summed E-state index contributed by atoms with van der Waals surface area (Å²) in [5.74, 6) is -1.10. The normalized spacial score (nSPS) is 17.9. The molecule has 30 heavy (non-hydrogen) atoms. The highest BCUT2D eigenvalue weighted by Crippen LogP contribution is 2.43. The monoisotopic (exact) mass is 423 g/mol. The quantitative estimate of drug-likeness (QED) is 0.382. The van der Waals surface area contributed by atoms with Crippen LogP contribution < -0.4 is 14.4 Å². The molecule has 1 aliphatic heterocycles. The predicted molar refractivity (Wildman–Crippen MR) is 111 cm³/mol. The average molecular weight is 423 g/mol. The molecular weight excluding hydrogens is 406 g/mol. The number of hydrogen-bond donors (Lipinski definition) is 1. The van der Waals surface area contributed by atoms with Crippen LogP contribution in [0.1, 0.15) is 17.2 Å². The van der Waals surface area contributed by atoms with Gasteiger partial charge in [-0.15, -0.1) is 11.3 Å². The number of anilines is 1. The number of hydrogen-bond acceptors (Lipinski definition) is 8. The van der Waals surface area contributed by atoms with Crippen LogP contribution in [-0.4, -0.2) is 41.0 Å². The summed E-state index contributed by atoms with van der Waals surface area (Å²) in [5, 5.41) is 13.2. The Morgan fingerprint density at radius 1 is 1.17 bits per heavy atom. The van der Waals surface area contributed by atoms with Gasteiger partial charge in [0.1, 0.15) is 17.3 Å². The highest BCUT2D eigenvalue weighted by molar-refractivity contribution is 7.14. The Balaban J connectivity index is 1.95. The maximum atomic E-state index is 13.0.